The maximum atomic E-state index is 10.7. The minimum absolute atomic E-state index is 0.235. The second-order valence-corrected chi connectivity index (χ2v) is 4.29. The van der Waals surface area contributed by atoms with Crippen LogP contribution in [0, 0.1) is 0 Å². The van der Waals surface area contributed by atoms with Crippen molar-refractivity contribution in [3.05, 3.63) is 47.5 Å². The van der Waals surface area contributed by atoms with Crippen LogP contribution in [-0.4, -0.2) is 5.97 Å². The van der Waals surface area contributed by atoms with Crippen LogP contribution in [0.5, 0.6) is 0 Å². The van der Waals surface area contributed by atoms with Gasteiger partial charge in [-0.1, -0.05) is 43.7 Å². The molecule has 0 radical (unpaired) electrons. The molecule has 0 aromatic heterocycles. The molecule has 2 rings (SSSR count). The smallest absolute Gasteiger partial charge is 0.0715 e. The minimum atomic E-state index is -1.12. The van der Waals surface area contributed by atoms with Crippen LogP contribution in [-0.2, 0) is 6.42 Å². The molecule has 0 saturated carbocycles. The molecular formula is C15H15O2-. The SMILES string of the molecule is CCCCc1ccc2cc(C(=O)[O-])ccc2c1. The number of aromatic carboxylic acids is 1. The fourth-order valence-corrected chi connectivity index (χ4v) is 1.96. The zero-order valence-corrected chi connectivity index (χ0v) is 9.90. The van der Waals surface area contributed by atoms with Crippen molar-refractivity contribution in [3.63, 3.8) is 0 Å². The van der Waals surface area contributed by atoms with Crippen LogP contribution in [0.2, 0.25) is 0 Å². The standard InChI is InChI=1S/C15H16O2/c1-2-3-4-11-5-6-13-10-14(15(16)17)8-7-12(13)9-11/h5-10H,2-4H2,1H3,(H,16,17)/p-1. The van der Waals surface area contributed by atoms with Crippen molar-refractivity contribution in [3.8, 4) is 0 Å². The molecular weight excluding hydrogens is 212 g/mol. The molecule has 0 aliphatic heterocycles. The van der Waals surface area contributed by atoms with Crippen LogP contribution >= 0.6 is 0 Å². The van der Waals surface area contributed by atoms with E-state index in [4.69, 9.17) is 0 Å². The monoisotopic (exact) mass is 227 g/mol. The van der Waals surface area contributed by atoms with Crippen molar-refractivity contribution in [2.75, 3.05) is 0 Å². The highest BCUT2D eigenvalue weighted by molar-refractivity contribution is 5.93. The molecule has 2 nitrogen and oxygen atoms in total. The number of carboxylic acids is 1. The Morgan fingerprint density at radius 2 is 1.82 bits per heavy atom. The molecule has 0 aliphatic carbocycles. The van der Waals surface area contributed by atoms with E-state index in [1.165, 1.54) is 18.4 Å². The molecule has 0 saturated heterocycles. The zero-order chi connectivity index (χ0) is 12.3. The lowest BCUT2D eigenvalue weighted by atomic mass is 10.0. The Hall–Kier alpha value is -1.83. The lowest BCUT2D eigenvalue weighted by Crippen LogP contribution is -2.21. The number of carbonyl (C=O) groups is 1. The Morgan fingerprint density at radius 3 is 2.53 bits per heavy atom. The predicted molar refractivity (Wildman–Crippen MR) is 66.9 cm³/mol. The summed E-state index contributed by atoms with van der Waals surface area (Å²) in [6.07, 6.45) is 3.44. The van der Waals surface area contributed by atoms with Crippen LogP contribution in [0.1, 0.15) is 35.7 Å². The van der Waals surface area contributed by atoms with Gasteiger partial charge in [0.25, 0.3) is 0 Å². The molecule has 0 amide bonds. The lowest BCUT2D eigenvalue weighted by molar-refractivity contribution is -0.255. The molecule has 2 aromatic carbocycles. The first-order chi connectivity index (χ1) is 8.20. The first-order valence-corrected chi connectivity index (χ1v) is 5.94. The van der Waals surface area contributed by atoms with Gasteiger partial charge >= 0.3 is 0 Å². The van der Waals surface area contributed by atoms with Gasteiger partial charge in [0.15, 0.2) is 0 Å². The second-order valence-electron chi connectivity index (χ2n) is 4.29. The van der Waals surface area contributed by atoms with E-state index in [1.54, 1.807) is 12.1 Å². The fourth-order valence-electron chi connectivity index (χ4n) is 1.96. The fraction of sp³-hybridized carbons (Fsp3) is 0.267. The number of fused-ring (bicyclic) bond motifs is 1. The average molecular weight is 227 g/mol. The molecule has 0 heterocycles. The van der Waals surface area contributed by atoms with Crippen molar-refractivity contribution in [2.24, 2.45) is 0 Å². The van der Waals surface area contributed by atoms with Gasteiger partial charge in [0.2, 0.25) is 0 Å². The van der Waals surface area contributed by atoms with Gasteiger partial charge in [-0.25, -0.2) is 0 Å². The van der Waals surface area contributed by atoms with Gasteiger partial charge in [-0.05, 0) is 40.8 Å². The first-order valence-electron chi connectivity index (χ1n) is 5.94. The minimum Gasteiger partial charge on any atom is -0.545 e. The van der Waals surface area contributed by atoms with E-state index in [9.17, 15) is 9.90 Å². The normalized spacial score (nSPS) is 10.6. The molecule has 2 aromatic rings. The number of hydrogen-bond donors (Lipinski definition) is 0. The number of aryl methyl sites for hydroxylation is 1. The summed E-state index contributed by atoms with van der Waals surface area (Å²) < 4.78 is 0. The van der Waals surface area contributed by atoms with Crippen molar-refractivity contribution in [1.82, 2.24) is 0 Å². The molecule has 0 unspecified atom stereocenters. The van der Waals surface area contributed by atoms with E-state index < -0.39 is 5.97 Å². The third-order valence-electron chi connectivity index (χ3n) is 2.96. The maximum absolute atomic E-state index is 10.7. The third kappa shape index (κ3) is 2.64. The van der Waals surface area contributed by atoms with Crippen LogP contribution in [0.3, 0.4) is 0 Å². The third-order valence-corrected chi connectivity index (χ3v) is 2.96. The van der Waals surface area contributed by atoms with Gasteiger partial charge in [0, 0.05) is 0 Å². The Bertz CT molecular complexity index is 544. The van der Waals surface area contributed by atoms with Crippen LogP contribution < -0.4 is 5.11 Å². The van der Waals surface area contributed by atoms with Gasteiger partial charge < -0.3 is 9.90 Å². The first kappa shape index (κ1) is 11.6. The van der Waals surface area contributed by atoms with Crippen molar-refractivity contribution >= 4 is 16.7 Å². The number of carbonyl (C=O) groups excluding carboxylic acids is 1. The number of hydrogen-bond acceptors (Lipinski definition) is 2. The molecule has 0 N–H and O–H groups in total. The summed E-state index contributed by atoms with van der Waals surface area (Å²) in [6, 6.07) is 11.3. The Balaban J connectivity index is 2.36. The second kappa shape index (κ2) is 5.00. The zero-order valence-electron chi connectivity index (χ0n) is 9.90. The molecule has 0 aliphatic rings. The van der Waals surface area contributed by atoms with Gasteiger partial charge in [-0.15, -0.1) is 0 Å². The highest BCUT2D eigenvalue weighted by Crippen LogP contribution is 2.19. The average Bonchev–Trinajstić information content (AvgIpc) is 2.35. The van der Waals surface area contributed by atoms with E-state index in [0.29, 0.717) is 0 Å². The van der Waals surface area contributed by atoms with Crippen LogP contribution in [0.25, 0.3) is 10.8 Å². The predicted octanol–water partition coefficient (Wildman–Crippen LogP) is 2.55. The number of rotatable bonds is 4. The van der Waals surface area contributed by atoms with Crippen LogP contribution in [0.4, 0.5) is 0 Å². The summed E-state index contributed by atoms with van der Waals surface area (Å²) >= 11 is 0. The highest BCUT2D eigenvalue weighted by atomic mass is 16.4. The molecule has 88 valence electrons. The molecule has 17 heavy (non-hydrogen) atoms. The Morgan fingerprint density at radius 1 is 1.12 bits per heavy atom. The molecule has 2 heteroatoms. The summed E-state index contributed by atoms with van der Waals surface area (Å²) in [6.45, 7) is 2.17. The van der Waals surface area contributed by atoms with E-state index >= 15 is 0 Å². The highest BCUT2D eigenvalue weighted by Gasteiger charge is 1.99. The summed E-state index contributed by atoms with van der Waals surface area (Å²) in [4.78, 5) is 10.7. The topological polar surface area (TPSA) is 40.1 Å². The molecule has 0 bridgehead atoms. The van der Waals surface area contributed by atoms with E-state index in [0.717, 1.165) is 17.2 Å². The van der Waals surface area contributed by atoms with Crippen molar-refractivity contribution < 1.29 is 9.90 Å². The van der Waals surface area contributed by atoms with Gasteiger partial charge in [0.05, 0.1) is 5.97 Å². The van der Waals surface area contributed by atoms with E-state index in [1.807, 2.05) is 12.1 Å². The summed E-state index contributed by atoms with van der Waals surface area (Å²) in [5.74, 6) is -1.12. The van der Waals surface area contributed by atoms with Gasteiger partial charge in [-0.2, -0.15) is 0 Å². The Kier molecular flexibility index (Phi) is 3.43. The van der Waals surface area contributed by atoms with Gasteiger partial charge in [-0.3, -0.25) is 0 Å². The van der Waals surface area contributed by atoms with Crippen molar-refractivity contribution in [1.29, 1.82) is 0 Å². The van der Waals surface area contributed by atoms with Crippen LogP contribution in [0.15, 0.2) is 36.4 Å². The maximum Gasteiger partial charge on any atom is 0.0715 e. The molecule has 0 spiro atoms. The van der Waals surface area contributed by atoms with E-state index in [2.05, 4.69) is 19.1 Å². The molecule has 0 fully saturated rings. The van der Waals surface area contributed by atoms with Crippen molar-refractivity contribution in [2.45, 2.75) is 26.2 Å². The number of carboxylic acid groups (broad SMARTS) is 1. The van der Waals surface area contributed by atoms with E-state index in [-0.39, 0.29) is 5.56 Å². The lowest BCUT2D eigenvalue weighted by Gasteiger charge is -2.06. The summed E-state index contributed by atoms with van der Waals surface area (Å²) in [5, 5.41) is 12.8. The largest absolute Gasteiger partial charge is 0.545 e. The quantitative estimate of drug-likeness (QED) is 0.805. The Labute approximate surface area is 101 Å². The van der Waals surface area contributed by atoms with Gasteiger partial charge in [0.1, 0.15) is 0 Å². The molecule has 0 atom stereocenters. The summed E-state index contributed by atoms with van der Waals surface area (Å²) in [5.41, 5.74) is 1.54. The number of unbranched alkanes of at least 4 members (excludes halogenated alkanes) is 1. The summed E-state index contributed by atoms with van der Waals surface area (Å²) in [7, 11) is 0. The number of benzene rings is 2.